The molecule has 0 N–H and O–H groups in total. The molecule has 0 amide bonds. The van der Waals surface area contributed by atoms with Crippen molar-refractivity contribution in [1.82, 2.24) is 4.57 Å². The molecule has 0 aliphatic carbocycles. The summed E-state index contributed by atoms with van der Waals surface area (Å²) in [6.07, 6.45) is 2.95. The number of carbonyl (C=O) groups excluding carboxylic acids is 1. The van der Waals surface area contributed by atoms with Crippen molar-refractivity contribution in [3.63, 3.8) is 0 Å². The van der Waals surface area contributed by atoms with Gasteiger partial charge in [-0.15, -0.1) is 0 Å². The van der Waals surface area contributed by atoms with Gasteiger partial charge < -0.3 is 14.0 Å². The van der Waals surface area contributed by atoms with Gasteiger partial charge in [0.15, 0.2) is 5.78 Å². The Morgan fingerprint density at radius 1 is 1.43 bits per heavy atom. The quantitative estimate of drug-likeness (QED) is 0.848. The Morgan fingerprint density at radius 2 is 2.29 bits per heavy atom. The largest absolute Gasteiger partial charge is 0.490 e. The Kier molecular flexibility index (Phi) is 3.97. The fourth-order valence-corrected chi connectivity index (χ4v) is 2.78. The summed E-state index contributed by atoms with van der Waals surface area (Å²) >= 11 is 0. The monoisotopic (exact) mass is 287 g/mol. The molecule has 1 fully saturated rings. The molecule has 1 aliphatic heterocycles. The van der Waals surface area contributed by atoms with Crippen LogP contribution in [0.15, 0.2) is 30.5 Å². The van der Waals surface area contributed by atoms with Crippen LogP contribution in [0.25, 0.3) is 10.9 Å². The highest BCUT2D eigenvalue weighted by molar-refractivity contribution is 5.89. The minimum Gasteiger partial charge on any atom is -0.490 e. The van der Waals surface area contributed by atoms with Crippen LogP contribution in [0, 0.1) is 5.92 Å². The van der Waals surface area contributed by atoms with Crippen LogP contribution in [-0.4, -0.2) is 29.7 Å². The molecule has 0 spiro atoms. The Bertz CT molecular complexity index is 639. The molecule has 4 nitrogen and oxygen atoms in total. The lowest BCUT2D eigenvalue weighted by molar-refractivity contribution is -0.123. The number of aromatic nitrogens is 1. The van der Waals surface area contributed by atoms with E-state index in [0.717, 1.165) is 23.1 Å². The van der Waals surface area contributed by atoms with Crippen molar-refractivity contribution in [3.8, 4) is 5.75 Å². The number of fused-ring (bicyclic) bond motifs is 1. The summed E-state index contributed by atoms with van der Waals surface area (Å²) in [6, 6.07) is 7.99. The van der Waals surface area contributed by atoms with Crippen LogP contribution in [0.2, 0.25) is 0 Å². The van der Waals surface area contributed by atoms with Gasteiger partial charge in [0, 0.05) is 24.1 Å². The van der Waals surface area contributed by atoms with Gasteiger partial charge in [-0.05, 0) is 38.5 Å². The molecule has 0 radical (unpaired) electrons. The van der Waals surface area contributed by atoms with Crippen LogP contribution in [0.4, 0.5) is 0 Å². The SMILES string of the molecule is CC(C)Oc1cccc2c1ccn2CC(=O)C1CCOC1. The average molecular weight is 287 g/mol. The van der Waals surface area contributed by atoms with Crippen LogP contribution in [0.5, 0.6) is 5.75 Å². The zero-order valence-corrected chi connectivity index (χ0v) is 12.5. The standard InChI is InChI=1S/C17H21NO3/c1-12(2)21-17-5-3-4-15-14(17)6-8-18(15)10-16(19)13-7-9-20-11-13/h3-6,8,12-13H,7,9-11H2,1-2H3. The molecule has 1 aromatic carbocycles. The molecule has 112 valence electrons. The fraction of sp³-hybridized carbons (Fsp3) is 0.471. The first-order valence-electron chi connectivity index (χ1n) is 7.50. The van der Waals surface area contributed by atoms with Crippen LogP contribution in [-0.2, 0) is 16.1 Å². The summed E-state index contributed by atoms with van der Waals surface area (Å²) in [5, 5.41) is 1.06. The van der Waals surface area contributed by atoms with E-state index in [0.29, 0.717) is 19.8 Å². The zero-order chi connectivity index (χ0) is 14.8. The van der Waals surface area contributed by atoms with Gasteiger partial charge in [-0.1, -0.05) is 6.07 Å². The van der Waals surface area contributed by atoms with Crippen LogP contribution in [0.3, 0.4) is 0 Å². The summed E-state index contributed by atoms with van der Waals surface area (Å²) in [6.45, 7) is 5.70. The number of hydrogen-bond donors (Lipinski definition) is 0. The highest BCUT2D eigenvalue weighted by Gasteiger charge is 2.23. The number of ketones is 1. The van der Waals surface area contributed by atoms with Crippen molar-refractivity contribution >= 4 is 16.7 Å². The number of nitrogens with zero attached hydrogens (tertiary/aromatic N) is 1. The van der Waals surface area contributed by atoms with E-state index in [9.17, 15) is 4.79 Å². The predicted octanol–water partition coefficient (Wildman–Crippen LogP) is 3.03. The van der Waals surface area contributed by atoms with Gasteiger partial charge in [0.25, 0.3) is 0 Å². The number of Topliss-reactive ketones (excluding diaryl/α,β-unsaturated/α-hetero) is 1. The first-order valence-corrected chi connectivity index (χ1v) is 7.50. The second-order valence-corrected chi connectivity index (χ2v) is 5.83. The third kappa shape index (κ3) is 2.95. The molecule has 1 aromatic heterocycles. The normalized spacial score (nSPS) is 18.5. The van der Waals surface area contributed by atoms with Gasteiger partial charge in [-0.25, -0.2) is 0 Å². The second kappa shape index (κ2) is 5.90. The molecule has 2 heterocycles. The van der Waals surface area contributed by atoms with Crippen molar-refractivity contribution in [3.05, 3.63) is 30.5 Å². The number of hydrogen-bond acceptors (Lipinski definition) is 3. The van der Waals surface area contributed by atoms with Crippen molar-refractivity contribution in [2.24, 2.45) is 5.92 Å². The van der Waals surface area contributed by atoms with E-state index >= 15 is 0 Å². The number of rotatable bonds is 5. The van der Waals surface area contributed by atoms with Crippen molar-refractivity contribution < 1.29 is 14.3 Å². The van der Waals surface area contributed by atoms with Gasteiger partial charge in [0.2, 0.25) is 0 Å². The van der Waals surface area contributed by atoms with Gasteiger partial charge in [0.1, 0.15) is 5.75 Å². The number of ether oxygens (including phenoxy) is 2. The minimum atomic E-state index is 0.0533. The topological polar surface area (TPSA) is 40.5 Å². The lowest BCUT2D eigenvalue weighted by Gasteiger charge is -2.12. The first-order chi connectivity index (χ1) is 10.1. The van der Waals surface area contributed by atoms with E-state index in [4.69, 9.17) is 9.47 Å². The van der Waals surface area contributed by atoms with Crippen molar-refractivity contribution in [1.29, 1.82) is 0 Å². The van der Waals surface area contributed by atoms with Crippen LogP contribution < -0.4 is 4.74 Å². The molecular formula is C17H21NO3. The van der Waals surface area contributed by atoms with E-state index in [1.54, 1.807) is 0 Å². The van der Waals surface area contributed by atoms with Crippen molar-refractivity contribution in [2.45, 2.75) is 32.9 Å². The molecule has 1 atom stereocenters. The Labute approximate surface area is 124 Å². The van der Waals surface area contributed by atoms with Gasteiger partial charge >= 0.3 is 0 Å². The molecular weight excluding hydrogens is 266 g/mol. The minimum absolute atomic E-state index is 0.0533. The predicted molar refractivity (Wildman–Crippen MR) is 81.6 cm³/mol. The maximum Gasteiger partial charge on any atom is 0.157 e. The third-order valence-corrected chi connectivity index (χ3v) is 3.85. The van der Waals surface area contributed by atoms with E-state index in [1.807, 2.05) is 48.9 Å². The average Bonchev–Trinajstić information content (AvgIpc) is 3.08. The molecule has 1 aliphatic rings. The van der Waals surface area contributed by atoms with Gasteiger partial charge in [-0.2, -0.15) is 0 Å². The van der Waals surface area contributed by atoms with E-state index in [1.165, 1.54) is 0 Å². The smallest absolute Gasteiger partial charge is 0.157 e. The molecule has 4 heteroatoms. The Morgan fingerprint density at radius 3 is 3.00 bits per heavy atom. The van der Waals surface area contributed by atoms with E-state index in [-0.39, 0.29) is 17.8 Å². The summed E-state index contributed by atoms with van der Waals surface area (Å²) in [4.78, 5) is 12.3. The summed E-state index contributed by atoms with van der Waals surface area (Å²) in [7, 11) is 0. The maximum atomic E-state index is 12.3. The lowest BCUT2D eigenvalue weighted by Crippen LogP contribution is -2.19. The molecule has 1 unspecified atom stereocenters. The third-order valence-electron chi connectivity index (χ3n) is 3.85. The zero-order valence-electron chi connectivity index (χ0n) is 12.5. The highest BCUT2D eigenvalue weighted by atomic mass is 16.5. The van der Waals surface area contributed by atoms with Gasteiger partial charge in [0.05, 0.1) is 24.8 Å². The van der Waals surface area contributed by atoms with Crippen LogP contribution >= 0.6 is 0 Å². The lowest BCUT2D eigenvalue weighted by atomic mass is 10.0. The first kappa shape index (κ1) is 14.1. The molecule has 0 saturated carbocycles. The molecule has 0 bridgehead atoms. The Balaban J connectivity index is 1.84. The molecule has 2 aromatic rings. The summed E-state index contributed by atoms with van der Waals surface area (Å²) in [5.74, 6) is 1.18. The van der Waals surface area contributed by atoms with Crippen molar-refractivity contribution in [2.75, 3.05) is 13.2 Å². The number of carbonyl (C=O) groups is 1. The summed E-state index contributed by atoms with van der Waals surface area (Å²) in [5.41, 5.74) is 1.04. The summed E-state index contributed by atoms with van der Waals surface area (Å²) < 4.78 is 13.1. The highest BCUT2D eigenvalue weighted by Crippen LogP contribution is 2.28. The maximum absolute atomic E-state index is 12.3. The molecule has 3 rings (SSSR count). The fourth-order valence-electron chi connectivity index (χ4n) is 2.78. The van der Waals surface area contributed by atoms with E-state index in [2.05, 4.69) is 0 Å². The van der Waals surface area contributed by atoms with E-state index < -0.39 is 0 Å². The van der Waals surface area contributed by atoms with Crippen LogP contribution in [0.1, 0.15) is 20.3 Å². The number of benzene rings is 1. The second-order valence-electron chi connectivity index (χ2n) is 5.83. The Hall–Kier alpha value is -1.81. The van der Waals surface area contributed by atoms with Gasteiger partial charge in [-0.3, -0.25) is 4.79 Å². The molecule has 1 saturated heterocycles. The molecule has 21 heavy (non-hydrogen) atoms.